The van der Waals surface area contributed by atoms with Crippen LogP contribution in [0.3, 0.4) is 0 Å². The largest absolute Gasteiger partial charge is 0.545 e. The molecule has 0 unspecified atom stereocenters. The van der Waals surface area contributed by atoms with Gasteiger partial charge in [0.25, 0.3) is 0 Å². The number of anilines is 2. The smallest absolute Gasteiger partial charge is 0.163 e. The first kappa shape index (κ1) is 14.3. The van der Waals surface area contributed by atoms with Gasteiger partial charge in [-0.25, -0.2) is 9.97 Å². The number of aromatic nitrogens is 2. The van der Waals surface area contributed by atoms with Gasteiger partial charge in [-0.05, 0) is 29.8 Å². The Bertz CT molecular complexity index is 942. The van der Waals surface area contributed by atoms with Gasteiger partial charge in [0.15, 0.2) is 11.5 Å². The first-order valence-electron chi connectivity index (χ1n) is 7.33. The van der Waals surface area contributed by atoms with E-state index in [4.69, 9.17) is 9.47 Å². The normalized spacial score (nSPS) is 12.8. The number of benzene rings is 2. The van der Waals surface area contributed by atoms with Crippen molar-refractivity contribution in [2.45, 2.75) is 0 Å². The summed E-state index contributed by atoms with van der Waals surface area (Å²) in [5.74, 6) is 0.709. The SMILES string of the molecule is O=C([O-])c1ccc2c(Nc3ccc4c(c3)OCCO4)ncnc2c1. The molecule has 1 N–H and O–H groups in total. The van der Waals surface area contributed by atoms with E-state index < -0.39 is 5.97 Å². The number of carbonyl (C=O) groups excluding carboxylic acids is 1. The lowest BCUT2D eigenvalue weighted by Crippen LogP contribution is -2.22. The fourth-order valence-electron chi connectivity index (χ4n) is 2.54. The Kier molecular flexibility index (Phi) is 3.38. The summed E-state index contributed by atoms with van der Waals surface area (Å²) in [6.07, 6.45) is 1.38. The average Bonchev–Trinajstić information content (AvgIpc) is 2.61. The molecule has 0 atom stereocenters. The monoisotopic (exact) mass is 322 g/mol. The van der Waals surface area contributed by atoms with Crippen LogP contribution in [0.25, 0.3) is 10.9 Å². The Morgan fingerprint density at radius 1 is 1.04 bits per heavy atom. The summed E-state index contributed by atoms with van der Waals surface area (Å²) >= 11 is 0. The van der Waals surface area contributed by atoms with E-state index in [9.17, 15) is 9.90 Å². The molecule has 2 aromatic carbocycles. The number of aromatic carboxylic acids is 1. The minimum atomic E-state index is -1.24. The van der Waals surface area contributed by atoms with Gasteiger partial charge < -0.3 is 24.7 Å². The van der Waals surface area contributed by atoms with Crippen molar-refractivity contribution in [1.29, 1.82) is 0 Å². The Balaban J connectivity index is 1.70. The standard InChI is InChI=1S/C17H13N3O4/c21-17(22)10-1-3-12-13(7-10)18-9-19-16(12)20-11-2-4-14-15(8-11)24-6-5-23-14/h1-4,7-9H,5-6H2,(H,21,22)(H,18,19,20)/p-1. The number of nitrogens with zero attached hydrogens (tertiary/aromatic N) is 2. The van der Waals surface area contributed by atoms with Crippen molar-refractivity contribution in [3.05, 3.63) is 48.3 Å². The van der Waals surface area contributed by atoms with Crippen LogP contribution in [-0.2, 0) is 0 Å². The lowest BCUT2D eigenvalue weighted by Gasteiger charge is -2.19. The summed E-state index contributed by atoms with van der Waals surface area (Å²) in [5.41, 5.74) is 1.38. The van der Waals surface area contributed by atoms with E-state index in [1.54, 1.807) is 6.07 Å². The van der Waals surface area contributed by atoms with Crippen molar-refractivity contribution < 1.29 is 19.4 Å². The number of ether oxygens (including phenoxy) is 2. The second-order valence-corrected chi connectivity index (χ2v) is 5.23. The summed E-state index contributed by atoms with van der Waals surface area (Å²) in [6, 6.07) is 10.1. The van der Waals surface area contributed by atoms with Gasteiger partial charge in [0.1, 0.15) is 25.4 Å². The highest BCUT2D eigenvalue weighted by Gasteiger charge is 2.12. The second-order valence-electron chi connectivity index (χ2n) is 5.23. The predicted octanol–water partition coefficient (Wildman–Crippen LogP) is 1.51. The summed E-state index contributed by atoms with van der Waals surface area (Å²) in [4.78, 5) is 19.3. The zero-order valence-electron chi connectivity index (χ0n) is 12.5. The molecule has 3 aromatic rings. The van der Waals surface area contributed by atoms with E-state index in [0.717, 1.165) is 5.69 Å². The summed E-state index contributed by atoms with van der Waals surface area (Å²) < 4.78 is 11.1. The molecule has 0 aliphatic carbocycles. The van der Waals surface area contributed by atoms with Crippen LogP contribution in [0, 0.1) is 0 Å². The molecule has 1 aliphatic heterocycles. The fraction of sp³-hybridized carbons (Fsp3) is 0.118. The minimum absolute atomic E-state index is 0.0754. The molecule has 0 spiro atoms. The summed E-state index contributed by atoms with van der Waals surface area (Å²) in [6.45, 7) is 1.05. The van der Waals surface area contributed by atoms with Crippen molar-refractivity contribution >= 4 is 28.4 Å². The number of hydrogen-bond acceptors (Lipinski definition) is 7. The molecular weight excluding hydrogens is 310 g/mol. The van der Waals surface area contributed by atoms with Crippen LogP contribution in [0.2, 0.25) is 0 Å². The van der Waals surface area contributed by atoms with Crippen LogP contribution in [0.1, 0.15) is 10.4 Å². The first-order valence-corrected chi connectivity index (χ1v) is 7.33. The molecule has 120 valence electrons. The summed E-state index contributed by atoms with van der Waals surface area (Å²) in [5, 5.41) is 14.9. The number of carboxylic acids is 1. The van der Waals surface area contributed by atoms with E-state index in [0.29, 0.717) is 41.4 Å². The highest BCUT2D eigenvalue weighted by Crippen LogP contribution is 2.34. The summed E-state index contributed by atoms with van der Waals surface area (Å²) in [7, 11) is 0. The van der Waals surface area contributed by atoms with Crippen molar-refractivity contribution in [3.8, 4) is 11.5 Å². The van der Waals surface area contributed by atoms with Crippen LogP contribution < -0.4 is 19.9 Å². The van der Waals surface area contributed by atoms with Crippen LogP contribution in [0.15, 0.2) is 42.7 Å². The maximum Gasteiger partial charge on any atom is 0.163 e. The first-order chi connectivity index (χ1) is 11.7. The van der Waals surface area contributed by atoms with Gasteiger partial charge in [0, 0.05) is 17.1 Å². The van der Waals surface area contributed by atoms with Crippen molar-refractivity contribution in [3.63, 3.8) is 0 Å². The third kappa shape index (κ3) is 2.56. The molecule has 0 saturated carbocycles. The highest BCUT2D eigenvalue weighted by molar-refractivity contribution is 5.96. The van der Waals surface area contributed by atoms with Gasteiger partial charge in [-0.3, -0.25) is 0 Å². The van der Waals surface area contributed by atoms with E-state index in [1.165, 1.54) is 18.5 Å². The van der Waals surface area contributed by atoms with Gasteiger partial charge in [-0.15, -0.1) is 0 Å². The predicted molar refractivity (Wildman–Crippen MR) is 84.6 cm³/mol. The third-order valence-corrected chi connectivity index (χ3v) is 3.68. The molecular formula is C17H12N3O4-. The quantitative estimate of drug-likeness (QED) is 0.780. The molecule has 0 amide bonds. The fourth-order valence-corrected chi connectivity index (χ4v) is 2.54. The Morgan fingerprint density at radius 2 is 1.88 bits per heavy atom. The zero-order chi connectivity index (χ0) is 16.5. The maximum absolute atomic E-state index is 11.0. The lowest BCUT2D eigenvalue weighted by atomic mass is 10.1. The number of nitrogens with one attached hydrogen (secondary N) is 1. The maximum atomic E-state index is 11.0. The van der Waals surface area contributed by atoms with Gasteiger partial charge in [-0.2, -0.15) is 0 Å². The van der Waals surface area contributed by atoms with Crippen molar-refractivity contribution in [1.82, 2.24) is 9.97 Å². The lowest BCUT2D eigenvalue weighted by molar-refractivity contribution is -0.255. The Labute approximate surface area is 136 Å². The Hall–Kier alpha value is -3.35. The minimum Gasteiger partial charge on any atom is -0.545 e. The van der Waals surface area contributed by atoms with E-state index in [1.807, 2.05) is 18.2 Å². The molecule has 7 heteroatoms. The number of carboxylic acid groups (broad SMARTS) is 1. The molecule has 4 rings (SSSR count). The molecule has 0 fully saturated rings. The van der Waals surface area contributed by atoms with E-state index in [-0.39, 0.29) is 5.56 Å². The average molecular weight is 322 g/mol. The topological polar surface area (TPSA) is 96.4 Å². The van der Waals surface area contributed by atoms with Gasteiger partial charge in [0.05, 0.1) is 11.5 Å². The molecule has 24 heavy (non-hydrogen) atoms. The number of fused-ring (bicyclic) bond motifs is 2. The number of carbonyl (C=O) groups is 1. The highest BCUT2D eigenvalue weighted by atomic mass is 16.6. The third-order valence-electron chi connectivity index (χ3n) is 3.68. The van der Waals surface area contributed by atoms with Gasteiger partial charge in [0.2, 0.25) is 0 Å². The zero-order valence-corrected chi connectivity index (χ0v) is 12.5. The van der Waals surface area contributed by atoms with Crippen molar-refractivity contribution in [2.75, 3.05) is 18.5 Å². The Morgan fingerprint density at radius 3 is 2.71 bits per heavy atom. The van der Waals surface area contributed by atoms with Crippen LogP contribution in [-0.4, -0.2) is 29.2 Å². The van der Waals surface area contributed by atoms with Gasteiger partial charge in [-0.1, -0.05) is 6.07 Å². The molecule has 7 nitrogen and oxygen atoms in total. The van der Waals surface area contributed by atoms with Crippen LogP contribution >= 0.6 is 0 Å². The molecule has 0 radical (unpaired) electrons. The second kappa shape index (κ2) is 5.69. The molecule has 0 bridgehead atoms. The molecule has 1 aromatic heterocycles. The van der Waals surface area contributed by atoms with Crippen molar-refractivity contribution in [2.24, 2.45) is 0 Å². The molecule has 0 saturated heterocycles. The van der Waals surface area contributed by atoms with Crippen LogP contribution in [0.4, 0.5) is 11.5 Å². The number of hydrogen-bond donors (Lipinski definition) is 1. The van der Waals surface area contributed by atoms with E-state index in [2.05, 4.69) is 15.3 Å². The molecule has 1 aliphatic rings. The van der Waals surface area contributed by atoms with Gasteiger partial charge >= 0.3 is 0 Å². The van der Waals surface area contributed by atoms with E-state index >= 15 is 0 Å². The number of rotatable bonds is 3. The van der Waals surface area contributed by atoms with Crippen LogP contribution in [0.5, 0.6) is 11.5 Å². The molecule has 2 heterocycles.